The van der Waals surface area contributed by atoms with E-state index in [1.165, 1.54) is 0 Å². The molecule has 0 spiro atoms. The van der Waals surface area contributed by atoms with E-state index in [0.717, 1.165) is 11.1 Å². The largest absolute Gasteiger partial charge is 0.327 e. The Morgan fingerprint density at radius 3 is 2.50 bits per heavy atom. The maximum atomic E-state index is 11.8. The summed E-state index contributed by atoms with van der Waals surface area (Å²) in [6.45, 7) is 3.82. The first kappa shape index (κ1) is 13.2. The third kappa shape index (κ3) is 3.94. The lowest BCUT2D eigenvalue weighted by atomic mass is 10.1. The van der Waals surface area contributed by atoms with Crippen molar-refractivity contribution in [3.05, 3.63) is 35.4 Å². The molecule has 0 saturated carbocycles. The Bertz CT molecular complexity index is 440. The van der Waals surface area contributed by atoms with Crippen LogP contribution in [0.25, 0.3) is 0 Å². The summed E-state index contributed by atoms with van der Waals surface area (Å²) in [6, 6.07) is 7.28. The van der Waals surface area contributed by atoms with Gasteiger partial charge in [0.15, 0.2) is 9.84 Å². The molecule has 4 heteroatoms. The minimum Gasteiger partial charge on any atom is -0.327 e. The predicted molar refractivity (Wildman–Crippen MR) is 66.9 cm³/mol. The van der Waals surface area contributed by atoms with Crippen LogP contribution in [0.3, 0.4) is 0 Å². The average Bonchev–Trinajstić information content (AvgIpc) is 2.20. The van der Waals surface area contributed by atoms with Gasteiger partial charge in [-0.1, -0.05) is 31.2 Å². The molecule has 3 nitrogen and oxygen atoms in total. The van der Waals surface area contributed by atoms with Gasteiger partial charge in [0, 0.05) is 6.04 Å². The summed E-state index contributed by atoms with van der Waals surface area (Å²) >= 11 is 0. The molecule has 0 amide bonds. The van der Waals surface area contributed by atoms with E-state index >= 15 is 0 Å². The van der Waals surface area contributed by atoms with Crippen LogP contribution in [0.4, 0.5) is 0 Å². The standard InChI is InChI=1S/C12H19NO2S/c1-3-12(13)9-16(14,15)8-11-7-5-4-6-10(11)2/h4-7,12H,3,8-9,13H2,1-2H3. The monoisotopic (exact) mass is 241 g/mol. The van der Waals surface area contributed by atoms with Crippen LogP contribution in [0.1, 0.15) is 24.5 Å². The lowest BCUT2D eigenvalue weighted by molar-refractivity contribution is 0.583. The number of aryl methyl sites for hydroxylation is 1. The van der Waals surface area contributed by atoms with Crippen LogP contribution in [0.15, 0.2) is 24.3 Å². The van der Waals surface area contributed by atoms with E-state index in [1.54, 1.807) is 0 Å². The summed E-state index contributed by atoms with van der Waals surface area (Å²) in [5, 5.41) is 0. The van der Waals surface area contributed by atoms with Crippen molar-refractivity contribution >= 4 is 9.84 Å². The van der Waals surface area contributed by atoms with Crippen LogP contribution in [-0.4, -0.2) is 20.2 Å². The normalized spacial score (nSPS) is 13.7. The smallest absolute Gasteiger partial charge is 0.155 e. The second-order valence-electron chi connectivity index (χ2n) is 4.15. The highest BCUT2D eigenvalue weighted by molar-refractivity contribution is 7.90. The van der Waals surface area contributed by atoms with E-state index in [2.05, 4.69) is 0 Å². The first-order valence-corrected chi connectivity index (χ1v) is 7.27. The van der Waals surface area contributed by atoms with Crippen LogP contribution in [0.2, 0.25) is 0 Å². The number of hydrogen-bond acceptors (Lipinski definition) is 3. The Morgan fingerprint density at radius 1 is 1.31 bits per heavy atom. The molecule has 0 heterocycles. The first-order valence-electron chi connectivity index (χ1n) is 5.45. The highest BCUT2D eigenvalue weighted by Crippen LogP contribution is 2.12. The highest BCUT2D eigenvalue weighted by Gasteiger charge is 2.16. The molecule has 90 valence electrons. The van der Waals surface area contributed by atoms with Crippen molar-refractivity contribution in [2.45, 2.75) is 32.1 Å². The van der Waals surface area contributed by atoms with Crippen LogP contribution in [0, 0.1) is 6.92 Å². The Kier molecular flexibility index (Phi) is 4.50. The molecule has 1 unspecified atom stereocenters. The summed E-state index contributed by atoms with van der Waals surface area (Å²) in [7, 11) is -3.09. The van der Waals surface area contributed by atoms with Crippen molar-refractivity contribution < 1.29 is 8.42 Å². The number of hydrogen-bond donors (Lipinski definition) is 1. The van der Waals surface area contributed by atoms with Crippen molar-refractivity contribution in [1.29, 1.82) is 0 Å². The molecule has 1 aromatic rings. The second kappa shape index (κ2) is 5.46. The van der Waals surface area contributed by atoms with Crippen LogP contribution in [-0.2, 0) is 15.6 Å². The molecule has 0 aromatic heterocycles. The zero-order valence-corrected chi connectivity index (χ0v) is 10.6. The fraction of sp³-hybridized carbons (Fsp3) is 0.500. The van der Waals surface area contributed by atoms with Gasteiger partial charge in [-0.25, -0.2) is 8.42 Å². The zero-order chi connectivity index (χ0) is 12.2. The Hall–Kier alpha value is -0.870. The third-order valence-corrected chi connectivity index (χ3v) is 4.32. The van der Waals surface area contributed by atoms with Gasteiger partial charge in [-0.05, 0) is 24.5 Å². The van der Waals surface area contributed by atoms with Crippen molar-refractivity contribution in [2.24, 2.45) is 5.73 Å². The topological polar surface area (TPSA) is 60.2 Å². The second-order valence-corrected chi connectivity index (χ2v) is 6.26. The molecule has 0 bridgehead atoms. The number of sulfone groups is 1. The molecule has 0 radical (unpaired) electrons. The summed E-state index contributed by atoms with van der Waals surface area (Å²) in [5.41, 5.74) is 7.55. The summed E-state index contributed by atoms with van der Waals surface area (Å²) in [6.07, 6.45) is 0.688. The predicted octanol–water partition coefficient (Wildman–Crippen LogP) is 1.65. The number of benzene rings is 1. The molecule has 1 rings (SSSR count). The molecular weight excluding hydrogens is 222 g/mol. The molecule has 2 N–H and O–H groups in total. The van der Waals surface area contributed by atoms with Crippen molar-refractivity contribution in [1.82, 2.24) is 0 Å². The van der Waals surface area contributed by atoms with Crippen LogP contribution < -0.4 is 5.73 Å². The van der Waals surface area contributed by atoms with Gasteiger partial charge in [0.2, 0.25) is 0 Å². The van der Waals surface area contributed by atoms with Gasteiger partial charge in [-0.2, -0.15) is 0 Å². The SMILES string of the molecule is CCC(N)CS(=O)(=O)Cc1ccccc1C. The quantitative estimate of drug-likeness (QED) is 0.852. The summed E-state index contributed by atoms with van der Waals surface area (Å²) in [5.74, 6) is 0.158. The Morgan fingerprint density at radius 2 is 1.94 bits per heavy atom. The molecule has 1 aromatic carbocycles. The molecule has 0 aliphatic rings. The minimum atomic E-state index is -3.09. The molecule has 0 aliphatic carbocycles. The molecule has 0 saturated heterocycles. The van der Waals surface area contributed by atoms with Gasteiger partial charge in [0.25, 0.3) is 0 Å². The van der Waals surface area contributed by atoms with Crippen molar-refractivity contribution in [2.75, 3.05) is 5.75 Å². The summed E-state index contributed by atoms with van der Waals surface area (Å²) in [4.78, 5) is 0. The van der Waals surface area contributed by atoms with Gasteiger partial charge < -0.3 is 5.73 Å². The zero-order valence-electron chi connectivity index (χ0n) is 9.81. The Balaban J connectivity index is 2.77. The molecular formula is C12H19NO2S. The van der Waals surface area contributed by atoms with Gasteiger partial charge in [-0.15, -0.1) is 0 Å². The van der Waals surface area contributed by atoms with Gasteiger partial charge >= 0.3 is 0 Å². The van der Waals surface area contributed by atoms with E-state index in [4.69, 9.17) is 5.73 Å². The van der Waals surface area contributed by atoms with Crippen LogP contribution >= 0.6 is 0 Å². The minimum absolute atomic E-state index is 0.0673. The number of nitrogens with two attached hydrogens (primary N) is 1. The molecule has 0 aliphatic heterocycles. The van der Waals surface area contributed by atoms with Gasteiger partial charge in [0.05, 0.1) is 11.5 Å². The molecule has 0 fully saturated rings. The molecule has 16 heavy (non-hydrogen) atoms. The fourth-order valence-electron chi connectivity index (χ4n) is 1.51. The number of rotatable bonds is 5. The maximum Gasteiger partial charge on any atom is 0.155 e. The molecule has 1 atom stereocenters. The third-order valence-electron chi connectivity index (χ3n) is 2.63. The summed E-state index contributed by atoms with van der Waals surface area (Å²) < 4.78 is 23.7. The van der Waals surface area contributed by atoms with E-state index in [-0.39, 0.29) is 17.5 Å². The van der Waals surface area contributed by atoms with Crippen molar-refractivity contribution in [3.63, 3.8) is 0 Å². The lowest BCUT2D eigenvalue weighted by Crippen LogP contribution is -2.29. The first-order chi connectivity index (χ1) is 7.44. The Labute approximate surface area is 97.6 Å². The van der Waals surface area contributed by atoms with E-state index in [1.807, 2.05) is 38.1 Å². The van der Waals surface area contributed by atoms with Crippen molar-refractivity contribution in [3.8, 4) is 0 Å². The average molecular weight is 241 g/mol. The lowest BCUT2D eigenvalue weighted by Gasteiger charge is -2.10. The van der Waals surface area contributed by atoms with Gasteiger partial charge in [0.1, 0.15) is 0 Å². The maximum absolute atomic E-state index is 11.8. The van der Waals surface area contributed by atoms with Crippen LogP contribution in [0.5, 0.6) is 0 Å². The van der Waals surface area contributed by atoms with E-state index in [9.17, 15) is 8.42 Å². The van der Waals surface area contributed by atoms with E-state index in [0.29, 0.717) is 6.42 Å². The van der Waals surface area contributed by atoms with Gasteiger partial charge in [-0.3, -0.25) is 0 Å². The van der Waals surface area contributed by atoms with E-state index < -0.39 is 9.84 Å². The highest BCUT2D eigenvalue weighted by atomic mass is 32.2. The fourth-order valence-corrected chi connectivity index (χ4v) is 3.32.